The summed E-state index contributed by atoms with van der Waals surface area (Å²) >= 11 is 0. The van der Waals surface area contributed by atoms with E-state index in [1.54, 1.807) is 0 Å². The van der Waals surface area contributed by atoms with Crippen LogP contribution in [0.4, 0.5) is 0 Å². The Labute approximate surface area is 87.1 Å². The number of carbonyl (C=O) groups is 2. The second-order valence-corrected chi connectivity index (χ2v) is 2.58. The average molecular weight is 211 g/mol. The molecule has 15 heavy (non-hydrogen) atoms. The number of aldehydes is 1. The lowest BCUT2D eigenvalue weighted by Crippen LogP contribution is -1.99. The van der Waals surface area contributed by atoms with E-state index in [9.17, 15) is 14.7 Å². The summed E-state index contributed by atoms with van der Waals surface area (Å²) in [5.74, 6) is -1.16. The zero-order valence-corrected chi connectivity index (χ0v) is 8.30. The standard InChI is InChI=1S/C9H8O4.CH5N/c10-5-7-2-1-6(3-8(7)11)4-9(12)13;1-2/h1-3,5,11H,4H2,(H,12,13);2H2,1H3. The van der Waals surface area contributed by atoms with Crippen LogP contribution in [0.5, 0.6) is 5.75 Å². The maximum atomic E-state index is 10.3. The fourth-order valence-corrected chi connectivity index (χ4v) is 0.973. The summed E-state index contributed by atoms with van der Waals surface area (Å²) in [6, 6.07) is 4.16. The van der Waals surface area contributed by atoms with E-state index >= 15 is 0 Å². The monoisotopic (exact) mass is 211 g/mol. The Morgan fingerprint density at radius 2 is 2.07 bits per heavy atom. The molecule has 0 aliphatic rings. The summed E-state index contributed by atoms with van der Waals surface area (Å²) in [6.07, 6.45) is 0.354. The van der Waals surface area contributed by atoms with Gasteiger partial charge in [-0.05, 0) is 24.7 Å². The molecule has 5 heteroatoms. The number of nitrogens with two attached hydrogens (primary N) is 1. The second kappa shape index (κ2) is 6.56. The first kappa shape index (κ1) is 13.1. The molecule has 0 amide bonds. The molecule has 0 aliphatic heterocycles. The van der Waals surface area contributed by atoms with Gasteiger partial charge in [0, 0.05) is 0 Å². The third-order valence-electron chi connectivity index (χ3n) is 1.58. The molecule has 0 unspecified atom stereocenters. The maximum Gasteiger partial charge on any atom is 0.307 e. The summed E-state index contributed by atoms with van der Waals surface area (Å²) in [5.41, 5.74) is 5.13. The molecule has 1 aromatic rings. The van der Waals surface area contributed by atoms with Crippen LogP contribution < -0.4 is 5.73 Å². The number of aliphatic carboxylic acids is 1. The Morgan fingerprint density at radius 1 is 1.47 bits per heavy atom. The predicted molar refractivity (Wildman–Crippen MR) is 54.9 cm³/mol. The van der Waals surface area contributed by atoms with Crippen LogP contribution in [0.15, 0.2) is 18.2 Å². The van der Waals surface area contributed by atoms with Gasteiger partial charge in [0.2, 0.25) is 0 Å². The third kappa shape index (κ3) is 4.24. The fraction of sp³-hybridized carbons (Fsp3) is 0.200. The van der Waals surface area contributed by atoms with Crippen molar-refractivity contribution in [3.63, 3.8) is 0 Å². The Balaban J connectivity index is 0.000000921. The quantitative estimate of drug-likeness (QED) is 0.628. The van der Waals surface area contributed by atoms with E-state index in [4.69, 9.17) is 5.11 Å². The highest BCUT2D eigenvalue weighted by Crippen LogP contribution is 2.16. The molecule has 1 rings (SSSR count). The van der Waals surface area contributed by atoms with Gasteiger partial charge in [-0.25, -0.2) is 0 Å². The molecule has 0 aliphatic carbocycles. The summed E-state index contributed by atoms with van der Waals surface area (Å²) in [4.78, 5) is 20.6. The number of aromatic hydroxyl groups is 1. The Morgan fingerprint density at radius 3 is 2.47 bits per heavy atom. The van der Waals surface area contributed by atoms with Crippen molar-refractivity contribution in [2.45, 2.75) is 6.42 Å². The molecule has 0 heterocycles. The van der Waals surface area contributed by atoms with Crippen LogP contribution in [-0.2, 0) is 11.2 Å². The minimum atomic E-state index is -0.974. The van der Waals surface area contributed by atoms with E-state index < -0.39 is 5.97 Å². The fourth-order valence-electron chi connectivity index (χ4n) is 0.973. The maximum absolute atomic E-state index is 10.3. The van der Waals surface area contributed by atoms with Gasteiger partial charge in [-0.3, -0.25) is 9.59 Å². The average Bonchev–Trinajstić information content (AvgIpc) is 2.20. The predicted octanol–water partition coefficient (Wildman–Crippen LogP) is 0.407. The van der Waals surface area contributed by atoms with E-state index in [1.165, 1.54) is 25.2 Å². The molecule has 0 fully saturated rings. The summed E-state index contributed by atoms with van der Waals surface area (Å²) in [5, 5.41) is 17.6. The number of hydrogen-bond acceptors (Lipinski definition) is 4. The van der Waals surface area contributed by atoms with Crippen molar-refractivity contribution in [1.82, 2.24) is 0 Å². The number of carbonyl (C=O) groups excluding carboxylic acids is 1. The number of hydrogen-bond donors (Lipinski definition) is 3. The number of phenols is 1. The highest BCUT2D eigenvalue weighted by molar-refractivity contribution is 5.79. The molecule has 0 atom stereocenters. The van der Waals surface area contributed by atoms with Gasteiger partial charge >= 0.3 is 5.97 Å². The zero-order chi connectivity index (χ0) is 11.8. The van der Waals surface area contributed by atoms with E-state index in [0.717, 1.165) is 0 Å². The van der Waals surface area contributed by atoms with Crippen molar-refractivity contribution in [2.75, 3.05) is 7.05 Å². The number of carboxylic acids is 1. The first-order valence-corrected chi connectivity index (χ1v) is 4.20. The summed E-state index contributed by atoms with van der Waals surface area (Å²) in [7, 11) is 1.50. The SMILES string of the molecule is CN.O=Cc1ccc(CC(=O)O)cc1O. The molecule has 1 aromatic carbocycles. The molecule has 0 spiro atoms. The van der Waals surface area contributed by atoms with Crippen molar-refractivity contribution in [3.8, 4) is 5.75 Å². The third-order valence-corrected chi connectivity index (χ3v) is 1.58. The van der Waals surface area contributed by atoms with Gasteiger partial charge in [0.25, 0.3) is 0 Å². The van der Waals surface area contributed by atoms with Crippen LogP contribution in [0.1, 0.15) is 15.9 Å². The lowest BCUT2D eigenvalue weighted by atomic mass is 10.1. The van der Waals surface area contributed by atoms with Crippen molar-refractivity contribution >= 4 is 12.3 Å². The van der Waals surface area contributed by atoms with E-state index in [0.29, 0.717) is 11.8 Å². The molecule has 0 radical (unpaired) electrons. The first-order chi connectivity index (χ1) is 7.13. The molecule has 5 nitrogen and oxygen atoms in total. The Hall–Kier alpha value is -1.88. The molecule has 0 saturated carbocycles. The minimum absolute atomic E-state index is 0.160. The number of carboxylic acid groups (broad SMARTS) is 1. The van der Waals surface area contributed by atoms with Crippen LogP contribution in [0.3, 0.4) is 0 Å². The molecule has 82 valence electrons. The van der Waals surface area contributed by atoms with Gasteiger partial charge < -0.3 is 15.9 Å². The van der Waals surface area contributed by atoms with Crippen LogP contribution in [0, 0.1) is 0 Å². The van der Waals surface area contributed by atoms with Crippen molar-refractivity contribution in [1.29, 1.82) is 0 Å². The first-order valence-electron chi connectivity index (χ1n) is 4.20. The largest absolute Gasteiger partial charge is 0.507 e. The molecule has 4 N–H and O–H groups in total. The molecule has 0 aromatic heterocycles. The Kier molecular flexibility index (Phi) is 5.73. The molecular weight excluding hydrogens is 198 g/mol. The minimum Gasteiger partial charge on any atom is -0.507 e. The zero-order valence-electron chi connectivity index (χ0n) is 8.30. The Bertz CT molecular complexity index is 349. The smallest absolute Gasteiger partial charge is 0.307 e. The number of phenolic OH excluding ortho intramolecular Hbond substituents is 1. The van der Waals surface area contributed by atoms with Gasteiger partial charge in [0.05, 0.1) is 12.0 Å². The van der Waals surface area contributed by atoms with Gasteiger partial charge in [-0.2, -0.15) is 0 Å². The van der Waals surface area contributed by atoms with E-state index in [2.05, 4.69) is 5.73 Å². The van der Waals surface area contributed by atoms with Crippen molar-refractivity contribution in [2.24, 2.45) is 5.73 Å². The highest BCUT2D eigenvalue weighted by Gasteiger charge is 2.04. The van der Waals surface area contributed by atoms with Crippen LogP contribution in [0.25, 0.3) is 0 Å². The van der Waals surface area contributed by atoms with Crippen LogP contribution in [-0.4, -0.2) is 29.5 Å². The van der Waals surface area contributed by atoms with Gasteiger partial charge in [-0.15, -0.1) is 0 Å². The van der Waals surface area contributed by atoms with Crippen molar-refractivity contribution < 1.29 is 19.8 Å². The van der Waals surface area contributed by atoms with Crippen molar-refractivity contribution in [3.05, 3.63) is 29.3 Å². The highest BCUT2D eigenvalue weighted by atomic mass is 16.4. The van der Waals surface area contributed by atoms with Crippen LogP contribution in [0.2, 0.25) is 0 Å². The number of rotatable bonds is 3. The van der Waals surface area contributed by atoms with E-state index in [1.807, 2.05) is 0 Å². The lowest BCUT2D eigenvalue weighted by molar-refractivity contribution is -0.136. The van der Waals surface area contributed by atoms with Gasteiger partial charge in [0.1, 0.15) is 5.75 Å². The van der Waals surface area contributed by atoms with E-state index in [-0.39, 0.29) is 17.7 Å². The summed E-state index contributed by atoms with van der Waals surface area (Å²) in [6.45, 7) is 0. The normalized spacial score (nSPS) is 8.67. The molecule has 0 bridgehead atoms. The second-order valence-electron chi connectivity index (χ2n) is 2.58. The van der Waals surface area contributed by atoms with Crippen LogP contribution >= 0.6 is 0 Å². The lowest BCUT2D eigenvalue weighted by Gasteiger charge is -1.99. The molecular formula is C10H13NO4. The van der Waals surface area contributed by atoms with Gasteiger partial charge in [-0.1, -0.05) is 6.07 Å². The van der Waals surface area contributed by atoms with Gasteiger partial charge in [0.15, 0.2) is 6.29 Å². The number of benzene rings is 1. The summed E-state index contributed by atoms with van der Waals surface area (Å²) < 4.78 is 0. The molecule has 0 saturated heterocycles. The topological polar surface area (TPSA) is 101 Å².